The zero-order valence-electron chi connectivity index (χ0n) is 13.9. The minimum Gasteiger partial charge on any atom is -0.339 e. The Morgan fingerprint density at radius 2 is 1.72 bits per heavy atom. The number of piperidine rings is 1. The Morgan fingerprint density at radius 3 is 2.40 bits per heavy atom. The number of carbonyl (C=O) groups is 2. The van der Waals surface area contributed by atoms with Crippen LogP contribution in [0.15, 0.2) is 65.1 Å². The normalized spacial score (nSPS) is 15.5. The Hall–Kier alpha value is -2.20. The van der Waals surface area contributed by atoms with E-state index in [0.29, 0.717) is 13.1 Å². The lowest BCUT2D eigenvalue weighted by Crippen LogP contribution is -2.39. The van der Waals surface area contributed by atoms with Gasteiger partial charge in [0, 0.05) is 35.1 Å². The van der Waals surface area contributed by atoms with E-state index in [1.54, 1.807) is 6.08 Å². The number of hydrogen-bond donors (Lipinski definition) is 0. The number of carbonyl (C=O) groups excluding carboxylic acids is 2. The maximum absolute atomic E-state index is 12.5. The monoisotopic (exact) mass is 397 g/mol. The smallest absolute Gasteiger partial charge is 0.246 e. The van der Waals surface area contributed by atoms with E-state index in [-0.39, 0.29) is 17.6 Å². The highest BCUT2D eigenvalue weighted by molar-refractivity contribution is 9.10. The molecule has 4 heteroatoms. The van der Waals surface area contributed by atoms with Crippen molar-refractivity contribution in [3.8, 4) is 0 Å². The van der Waals surface area contributed by atoms with E-state index in [2.05, 4.69) is 15.9 Å². The fourth-order valence-electron chi connectivity index (χ4n) is 3.08. The molecule has 1 saturated heterocycles. The van der Waals surface area contributed by atoms with Crippen molar-refractivity contribution in [2.24, 2.45) is 5.92 Å². The molecule has 0 N–H and O–H groups in total. The molecule has 1 heterocycles. The second-order valence-corrected chi connectivity index (χ2v) is 7.13. The highest BCUT2D eigenvalue weighted by Crippen LogP contribution is 2.22. The van der Waals surface area contributed by atoms with Crippen LogP contribution in [0.5, 0.6) is 0 Å². The van der Waals surface area contributed by atoms with E-state index >= 15 is 0 Å². The van der Waals surface area contributed by atoms with Crippen molar-refractivity contribution in [1.82, 2.24) is 4.90 Å². The third-order valence-corrected chi connectivity index (χ3v) is 5.00. The summed E-state index contributed by atoms with van der Waals surface area (Å²) in [4.78, 5) is 26.7. The molecule has 1 aliphatic rings. The van der Waals surface area contributed by atoms with Gasteiger partial charge in [0.25, 0.3) is 0 Å². The topological polar surface area (TPSA) is 37.4 Å². The van der Waals surface area contributed by atoms with Gasteiger partial charge in [0.2, 0.25) is 5.91 Å². The third kappa shape index (κ3) is 4.67. The van der Waals surface area contributed by atoms with E-state index in [9.17, 15) is 9.59 Å². The molecular formula is C21H20BrNO2. The predicted molar refractivity (Wildman–Crippen MR) is 103 cm³/mol. The van der Waals surface area contributed by atoms with Gasteiger partial charge < -0.3 is 4.90 Å². The third-order valence-electron chi connectivity index (χ3n) is 4.50. The lowest BCUT2D eigenvalue weighted by atomic mass is 9.89. The summed E-state index contributed by atoms with van der Waals surface area (Å²) in [5, 5.41) is 0. The molecule has 0 saturated carbocycles. The number of Topliss-reactive ketones (excluding diaryl/α,β-unsaturated/α-hetero) is 1. The quantitative estimate of drug-likeness (QED) is 0.558. The fraction of sp³-hybridized carbons (Fsp3) is 0.238. The van der Waals surface area contributed by atoms with Crippen molar-refractivity contribution in [1.29, 1.82) is 0 Å². The summed E-state index contributed by atoms with van der Waals surface area (Å²) in [6, 6.07) is 17.2. The molecule has 0 unspecified atom stereocenters. The number of rotatable bonds is 4. The van der Waals surface area contributed by atoms with Crippen LogP contribution in [0.4, 0.5) is 0 Å². The molecule has 1 aliphatic heterocycles. The molecule has 2 aromatic rings. The average Bonchev–Trinajstić information content (AvgIpc) is 2.66. The number of likely N-dealkylation sites (tertiary alicyclic amines) is 1. The van der Waals surface area contributed by atoms with Crippen LogP contribution >= 0.6 is 15.9 Å². The molecule has 1 fully saturated rings. The number of ketones is 1. The summed E-state index contributed by atoms with van der Waals surface area (Å²) in [7, 11) is 0. The minimum absolute atomic E-state index is 0.00517. The van der Waals surface area contributed by atoms with Gasteiger partial charge in [-0.2, -0.15) is 0 Å². The lowest BCUT2D eigenvalue weighted by Gasteiger charge is -2.30. The Bertz CT molecular complexity index is 777. The van der Waals surface area contributed by atoms with Crippen molar-refractivity contribution in [2.45, 2.75) is 12.8 Å². The largest absolute Gasteiger partial charge is 0.339 e. The van der Waals surface area contributed by atoms with Crippen LogP contribution in [0.1, 0.15) is 28.8 Å². The minimum atomic E-state index is 0.00517. The van der Waals surface area contributed by atoms with Gasteiger partial charge >= 0.3 is 0 Å². The van der Waals surface area contributed by atoms with Gasteiger partial charge in [0.05, 0.1) is 0 Å². The van der Waals surface area contributed by atoms with Gasteiger partial charge in [-0.15, -0.1) is 0 Å². The highest BCUT2D eigenvalue weighted by Gasteiger charge is 2.27. The Labute approximate surface area is 156 Å². The van der Waals surface area contributed by atoms with Gasteiger partial charge in [-0.25, -0.2) is 0 Å². The molecule has 0 atom stereocenters. The van der Waals surface area contributed by atoms with E-state index in [4.69, 9.17) is 0 Å². The second-order valence-electron chi connectivity index (χ2n) is 6.22. The van der Waals surface area contributed by atoms with Gasteiger partial charge in [-0.1, -0.05) is 58.4 Å². The Balaban J connectivity index is 1.55. The molecule has 2 aromatic carbocycles. The number of halogens is 1. The van der Waals surface area contributed by atoms with Crippen molar-refractivity contribution in [3.63, 3.8) is 0 Å². The molecule has 3 nitrogen and oxygen atoms in total. The number of nitrogens with zero attached hydrogens (tertiary/aromatic N) is 1. The van der Waals surface area contributed by atoms with Gasteiger partial charge in [-0.05, 0) is 36.6 Å². The van der Waals surface area contributed by atoms with E-state index in [1.807, 2.05) is 65.6 Å². The summed E-state index contributed by atoms with van der Waals surface area (Å²) in [5.74, 6) is 0.212. The van der Waals surface area contributed by atoms with Crippen molar-refractivity contribution >= 4 is 33.7 Å². The zero-order chi connectivity index (χ0) is 17.6. The molecule has 1 amide bonds. The van der Waals surface area contributed by atoms with Crippen molar-refractivity contribution in [3.05, 3.63) is 76.3 Å². The Kier molecular flexibility index (Phi) is 5.82. The molecule has 0 spiro atoms. The van der Waals surface area contributed by atoms with Crippen LogP contribution in [-0.2, 0) is 4.79 Å². The fourth-order valence-corrected chi connectivity index (χ4v) is 3.50. The zero-order valence-corrected chi connectivity index (χ0v) is 15.5. The summed E-state index contributed by atoms with van der Waals surface area (Å²) in [6.07, 6.45) is 4.89. The molecule has 0 aliphatic carbocycles. The molecular weight excluding hydrogens is 378 g/mol. The first-order valence-corrected chi connectivity index (χ1v) is 9.24. The Morgan fingerprint density at radius 1 is 1.00 bits per heavy atom. The van der Waals surface area contributed by atoms with Gasteiger partial charge in [0.15, 0.2) is 5.78 Å². The first-order chi connectivity index (χ1) is 12.1. The molecule has 0 aromatic heterocycles. The lowest BCUT2D eigenvalue weighted by molar-refractivity contribution is -0.127. The SMILES string of the molecule is O=C(c1ccccc1)C1CCN(C(=O)/C=C/c2cccc(Br)c2)CC1. The van der Waals surface area contributed by atoms with Crippen LogP contribution in [0, 0.1) is 5.92 Å². The van der Waals surface area contributed by atoms with Crippen LogP contribution in [-0.4, -0.2) is 29.7 Å². The maximum Gasteiger partial charge on any atom is 0.246 e. The van der Waals surface area contributed by atoms with E-state index < -0.39 is 0 Å². The van der Waals surface area contributed by atoms with Crippen LogP contribution < -0.4 is 0 Å². The number of benzene rings is 2. The van der Waals surface area contributed by atoms with E-state index in [0.717, 1.165) is 28.4 Å². The molecule has 0 radical (unpaired) electrons. The van der Waals surface area contributed by atoms with Crippen molar-refractivity contribution < 1.29 is 9.59 Å². The summed E-state index contributed by atoms with van der Waals surface area (Å²) in [5.41, 5.74) is 1.75. The standard InChI is InChI=1S/C21H20BrNO2/c22-19-8-4-5-16(15-19)9-10-20(24)23-13-11-18(12-14-23)21(25)17-6-2-1-3-7-17/h1-10,15,18H,11-14H2/b10-9+. The first-order valence-electron chi connectivity index (χ1n) is 8.45. The molecule has 128 valence electrons. The summed E-state index contributed by atoms with van der Waals surface area (Å²) < 4.78 is 0.988. The maximum atomic E-state index is 12.5. The van der Waals surface area contributed by atoms with E-state index in [1.165, 1.54) is 0 Å². The highest BCUT2D eigenvalue weighted by atomic mass is 79.9. The second kappa shape index (κ2) is 8.26. The van der Waals surface area contributed by atoms with Gasteiger partial charge in [-0.3, -0.25) is 9.59 Å². The molecule has 3 rings (SSSR count). The summed E-state index contributed by atoms with van der Waals surface area (Å²) in [6.45, 7) is 1.26. The first kappa shape index (κ1) is 17.6. The van der Waals surface area contributed by atoms with Crippen LogP contribution in [0.2, 0.25) is 0 Å². The van der Waals surface area contributed by atoms with Crippen molar-refractivity contribution in [2.75, 3.05) is 13.1 Å². The number of hydrogen-bond acceptors (Lipinski definition) is 2. The van der Waals surface area contributed by atoms with Crippen LogP contribution in [0.25, 0.3) is 6.08 Å². The molecule has 25 heavy (non-hydrogen) atoms. The number of amides is 1. The van der Waals surface area contributed by atoms with Crippen LogP contribution in [0.3, 0.4) is 0 Å². The van der Waals surface area contributed by atoms with Gasteiger partial charge in [0.1, 0.15) is 0 Å². The predicted octanol–water partition coefficient (Wildman–Crippen LogP) is 4.58. The average molecular weight is 398 g/mol. The summed E-state index contributed by atoms with van der Waals surface area (Å²) >= 11 is 3.42. The molecule has 0 bridgehead atoms.